The molecule has 7 nitrogen and oxygen atoms in total. The number of rotatable bonds is 6. The molecule has 1 fully saturated rings. The van der Waals surface area contributed by atoms with Gasteiger partial charge in [0.15, 0.2) is 0 Å². The van der Waals surface area contributed by atoms with Crippen molar-refractivity contribution in [2.75, 3.05) is 52.1 Å². The number of para-hydroxylation sites is 1. The highest BCUT2D eigenvalue weighted by atomic mass is 16.2. The third kappa shape index (κ3) is 5.77. The molecule has 29 heavy (non-hydrogen) atoms. The topological polar surface area (TPSA) is 68.8 Å². The first-order valence-corrected chi connectivity index (χ1v) is 9.99. The summed E-state index contributed by atoms with van der Waals surface area (Å²) in [5.74, 6) is 0.115. The van der Waals surface area contributed by atoms with Crippen molar-refractivity contribution >= 4 is 17.5 Å². The molecule has 3 rings (SSSR count). The molecular weight excluding hydrogens is 366 g/mol. The summed E-state index contributed by atoms with van der Waals surface area (Å²) in [4.78, 5) is 35.1. The number of amides is 2. The van der Waals surface area contributed by atoms with E-state index >= 15 is 0 Å². The van der Waals surface area contributed by atoms with E-state index in [2.05, 4.69) is 15.2 Å². The highest BCUT2D eigenvalue weighted by Crippen LogP contribution is 2.19. The van der Waals surface area contributed by atoms with Crippen LogP contribution in [0.3, 0.4) is 0 Å². The molecule has 0 saturated carbocycles. The zero-order chi connectivity index (χ0) is 20.6. The van der Waals surface area contributed by atoms with Crippen LogP contribution in [0.15, 0.2) is 48.7 Å². The summed E-state index contributed by atoms with van der Waals surface area (Å²) in [6.07, 6.45) is 2.62. The van der Waals surface area contributed by atoms with Crippen molar-refractivity contribution in [3.8, 4) is 0 Å². The van der Waals surface area contributed by atoms with E-state index in [1.54, 1.807) is 25.2 Å². The van der Waals surface area contributed by atoms with Gasteiger partial charge in [-0.15, -0.1) is 0 Å². The Hall–Kier alpha value is -2.93. The second-order valence-corrected chi connectivity index (χ2v) is 7.43. The zero-order valence-corrected chi connectivity index (χ0v) is 17.2. The molecule has 1 aromatic carbocycles. The van der Waals surface area contributed by atoms with Gasteiger partial charge in [-0.05, 0) is 30.7 Å². The predicted molar refractivity (Wildman–Crippen MR) is 114 cm³/mol. The zero-order valence-electron chi connectivity index (χ0n) is 17.2. The lowest BCUT2D eigenvalue weighted by Crippen LogP contribution is -2.39. The summed E-state index contributed by atoms with van der Waals surface area (Å²) in [7, 11) is 3.54. The number of aromatic nitrogens is 1. The van der Waals surface area contributed by atoms with Crippen molar-refractivity contribution in [1.82, 2.24) is 19.7 Å². The van der Waals surface area contributed by atoms with Crippen molar-refractivity contribution in [3.63, 3.8) is 0 Å². The maximum Gasteiger partial charge on any atom is 0.255 e. The van der Waals surface area contributed by atoms with Crippen LogP contribution in [0, 0.1) is 0 Å². The van der Waals surface area contributed by atoms with Crippen LogP contribution >= 0.6 is 0 Å². The van der Waals surface area contributed by atoms with Gasteiger partial charge in [0.2, 0.25) is 5.91 Å². The number of nitrogens with one attached hydrogen (secondary N) is 1. The van der Waals surface area contributed by atoms with E-state index in [0.29, 0.717) is 38.3 Å². The number of anilines is 1. The fourth-order valence-corrected chi connectivity index (χ4v) is 3.35. The Kier molecular flexibility index (Phi) is 7.19. The molecule has 7 heteroatoms. The van der Waals surface area contributed by atoms with Crippen molar-refractivity contribution in [2.45, 2.75) is 13.0 Å². The number of likely N-dealkylation sites (N-methyl/N-ethyl adjacent to an activating group) is 1. The van der Waals surface area contributed by atoms with Gasteiger partial charge >= 0.3 is 0 Å². The molecule has 2 aromatic rings. The van der Waals surface area contributed by atoms with Gasteiger partial charge in [0.1, 0.15) is 0 Å². The third-order valence-electron chi connectivity index (χ3n) is 5.08. The van der Waals surface area contributed by atoms with Crippen LogP contribution < -0.4 is 5.32 Å². The van der Waals surface area contributed by atoms with Crippen LogP contribution in [0.2, 0.25) is 0 Å². The van der Waals surface area contributed by atoms with Gasteiger partial charge in [0, 0.05) is 52.2 Å². The quantitative estimate of drug-likeness (QED) is 0.810. The number of hydrogen-bond acceptors (Lipinski definition) is 5. The highest BCUT2D eigenvalue weighted by Gasteiger charge is 2.23. The first kappa shape index (κ1) is 20.8. The molecule has 1 aliphatic heterocycles. The maximum absolute atomic E-state index is 13.2. The second-order valence-electron chi connectivity index (χ2n) is 7.43. The largest absolute Gasteiger partial charge is 0.379 e. The summed E-state index contributed by atoms with van der Waals surface area (Å²) in [5, 5.41) is 3.34. The minimum Gasteiger partial charge on any atom is -0.379 e. The monoisotopic (exact) mass is 395 g/mol. The second kappa shape index (κ2) is 10.0. The molecule has 0 spiro atoms. The van der Waals surface area contributed by atoms with Crippen LogP contribution in [0.4, 0.5) is 5.69 Å². The number of hydrogen-bond donors (Lipinski definition) is 1. The van der Waals surface area contributed by atoms with E-state index in [1.807, 2.05) is 47.4 Å². The van der Waals surface area contributed by atoms with Gasteiger partial charge in [-0.2, -0.15) is 0 Å². The van der Waals surface area contributed by atoms with Gasteiger partial charge in [-0.1, -0.05) is 18.2 Å². The molecule has 1 saturated heterocycles. The van der Waals surface area contributed by atoms with Crippen LogP contribution in [0.25, 0.3) is 0 Å². The number of pyridine rings is 1. The van der Waals surface area contributed by atoms with Gasteiger partial charge in [0.25, 0.3) is 5.91 Å². The summed E-state index contributed by atoms with van der Waals surface area (Å²) in [6, 6.07) is 13.4. The van der Waals surface area contributed by atoms with Crippen molar-refractivity contribution in [2.24, 2.45) is 0 Å². The Morgan fingerprint density at radius 3 is 2.59 bits per heavy atom. The fourth-order valence-electron chi connectivity index (χ4n) is 3.35. The Bertz CT molecular complexity index is 825. The van der Waals surface area contributed by atoms with Crippen LogP contribution in [-0.4, -0.2) is 78.3 Å². The number of carbonyl (C=O) groups excluding carboxylic acids is 2. The predicted octanol–water partition coefficient (Wildman–Crippen LogP) is 1.93. The van der Waals surface area contributed by atoms with Gasteiger partial charge in [0.05, 0.1) is 24.3 Å². The lowest BCUT2D eigenvalue weighted by molar-refractivity contribution is -0.129. The molecule has 0 radical (unpaired) electrons. The van der Waals surface area contributed by atoms with Crippen LogP contribution in [0.5, 0.6) is 0 Å². The van der Waals surface area contributed by atoms with Gasteiger partial charge in [-0.3, -0.25) is 19.5 Å². The number of benzene rings is 1. The lowest BCUT2D eigenvalue weighted by atomic mass is 10.1. The van der Waals surface area contributed by atoms with Crippen molar-refractivity contribution < 1.29 is 9.59 Å². The number of carbonyl (C=O) groups is 2. The summed E-state index contributed by atoms with van der Waals surface area (Å²) in [5.41, 5.74) is 2.40. The summed E-state index contributed by atoms with van der Waals surface area (Å²) >= 11 is 0. The fraction of sp³-hybridized carbons (Fsp3) is 0.409. The van der Waals surface area contributed by atoms with Crippen LogP contribution in [0.1, 0.15) is 22.5 Å². The standard InChI is InChI=1S/C22H29N5O2/c1-25(2)21(28)17-26-12-7-13-27(15-14-26)22(29)19-9-3-4-10-20(19)24-16-18-8-5-6-11-23-18/h3-6,8-11,24H,7,12-17H2,1-2H3. The Morgan fingerprint density at radius 2 is 1.83 bits per heavy atom. The van der Waals surface area contributed by atoms with E-state index in [9.17, 15) is 9.59 Å². The average Bonchev–Trinajstić information content (AvgIpc) is 2.98. The molecular formula is C22H29N5O2. The Morgan fingerprint density at radius 1 is 1.03 bits per heavy atom. The molecule has 0 aliphatic carbocycles. The smallest absolute Gasteiger partial charge is 0.255 e. The minimum atomic E-state index is 0.0231. The van der Waals surface area contributed by atoms with E-state index in [-0.39, 0.29) is 11.8 Å². The SMILES string of the molecule is CN(C)C(=O)CN1CCCN(C(=O)c2ccccc2NCc2ccccn2)CC1. The molecule has 0 bridgehead atoms. The maximum atomic E-state index is 13.2. The number of nitrogens with zero attached hydrogens (tertiary/aromatic N) is 4. The Balaban J connectivity index is 1.63. The normalized spacial score (nSPS) is 14.9. The molecule has 2 heterocycles. The van der Waals surface area contributed by atoms with Gasteiger partial charge in [-0.25, -0.2) is 0 Å². The van der Waals surface area contributed by atoms with Gasteiger partial charge < -0.3 is 15.1 Å². The summed E-state index contributed by atoms with van der Waals surface area (Å²) < 4.78 is 0. The van der Waals surface area contributed by atoms with E-state index in [4.69, 9.17) is 0 Å². The van der Waals surface area contributed by atoms with Crippen molar-refractivity contribution in [1.29, 1.82) is 0 Å². The molecule has 0 atom stereocenters. The molecule has 1 aliphatic rings. The lowest BCUT2D eigenvalue weighted by Gasteiger charge is -2.23. The Labute approximate surface area is 172 Å². The molecule has 1 aromatic heterocycles. The summed E-state index contributed by atoms with van der Waals surface area (Å²) in [6.45, 7) is 3.80. The van der Waals surface area contributed by atoms with E-state index in [0.717, 1.165) is 24.3 Å². The third-order valence-corrected chi connectivity index (χ3v) is 5.08. The molecule has 1 N–H and O–H groups in total. The highest BCUT2D eigenvalue weighted by molar-refractivity contribution is 5.99. The first-order chi connectivity index (χ1) is 14.0. The average molecular weight is 396 g/mol. The minimum absolute atomic E-state index is 0.0231. The van der Waals surface area contributed by atoms with E-state index < -0.39 is 0 Å². The first-order valence-electron chi connectivity index (χ1n) is 9.99. The molecule has 2 amide bonds. The van der Waals surface area contributed by atoms with Crippen LogP contribution in [-0.2, 0) is 11.3 Å². The van der Waals surface area contributed by atoms with E-state index in [1.165, 1.54) is 0 Å². The molecule has 154 valence electrons. The van der Waals surface area contributed by atoms with Crippen molar-refractivity contribution in [3.05, 3.63) is 59.9 Å². The molecule has 0 unspecified atom stereocenters.